The van der Waals surface area contributed by atoms with E-state index in [9.17, 15) is 9.18 Å². The summed E-state index contributed by atoms with van der Waals surface area (Å²) >= 11 is 5.51. The number of aliphatic carboxylic acids is 1. The number of carbonyl (C=O) groups is 1. The zero-order chi connectivity index (χ0) is 12.1. The van der Waals surface area contributed by atoms with Crippen LogP contribution in [0.3, 0.4) is 0 Å². The smallest absolute Gasteiger partial charge is 0.347 e. The minimum atomic E-state index is -1.39. The van der Waals surface area contributed by atoms with Crippen molar-refractivity contribution in [2.45, 2.75) is 0 Å². The lowest BCUT2D eigenvalue weighted by molar-refractivity contribution is -0.132. The van der Waals surface area contributed by atoms with Crippen molar-refractivity contribution in [1.82, 2.24) is 0 Å². The summed E-state index contributed by atoms with van der Waals surface area (Å²) in [5.74, 6) is -2.10. The van der Waals surface area contributed by atoms with Crippen molar-refractivity contribution in [2.24, 2.45) is 0 Å². The molecule has 0 fully saturated rings. The number of carboxylic acids is 1. The molecule has 2 N–H and O–H groups in total. The number of anilines is 1. The maximum absolute atomic E-state index is 13.3. The highest BCUT2D eigenvalue weighted by atomic mass is 35.5. The molecular formula is C10H6ClFN2O2. The molecule has 0 unspecified atom stereocenters. The van der Waals surface area contributed by atoms with Crippen LogP contribution >= 0.6 is 11.6 Å². The second-order valence-electron chi connectivity index (χ2n) is 2.72. The Balaban J connectivity index is 2.95. The van der Waals surface area contributed by atoms with E-state index in [-0.39, 0.29) is 10.7 Å². The third-order valence-electron chi connectivity index (χ3n) is 1.67. The summed E-state index contributed by atoms with van der Waals surface area (Å²) in [5.41, 5.74) is -0.527. The molecule has 4 nitrogen and oxygen atoms in total. The van der Waals surface area contributed by atoms with E-state index in [4.69, 9.17) is 22.0 Å². The molecule has 0 atom stereocenters. The predicted molar refractivity (Wildman–Crippen MR) is 56.4 cm³/mol. The molecule has 0 heterocycles. The molecule has 0 aliphatic heterocycles. The molecule has 0 aromatic heterocycles. The molecular weight excluding hydrogens is 235 g/mol. The van der Waals surface area contributed by atoms with Crippen molar-refractivity contribution in [3.8, 4) is 6.07 Å². The zero-order valence-corrected chi connectivity index (χ0v) is 8.62. The van der Waals surface area contributed by atoms with Gasteiger partial charge in [0.1, 0.15) is 6.07 Å². The van der Waals surface area contributed by atoms with Gasteiger partial charge in [0, 0.05) is 6.20 Å². The van der Waals surface area contributed by atoms with Crippen LogP contribution in [0.1, 0.15) is 0 Å². The Morgan fingerprint density at radius 2 is 2.31 bits per heavy atom. The highest BCUT2D eigenvalue weighted by molar-refractivity contribution is 6.31. The molecule has 16 heavy (non-hydrogen) atoms. The minimum absolute atomic E-state index is 0.00139. The van der Waals surface area contributed by atoms with Crippen molar-refractivity contribution in [3.63, 3.8) is 0 Å². The summed E-state index contributed by atoms with van der Waals surface area (Å²) in [6.07, 6.45) is 0.900. The molecule has 0 bridgehead atoms. The van der Waals surface area contributed by atoms with Gasteiger partial charge >= 0.3 is 5.97 Å². The van der Waals surface area contributed by atoms with Crippen LogP contribution in [0.25, 0.3) is 0 Å². The number of hydrogen-bond acceptors (Lipinski definition) is 3. The summed E-state index contributed by atoms with van der Waals surface area (Å²) < 4.78 is 13.3. The number of nitrogens with zero attached hydrogens (tertiary/aromatic N) is 1. The van der Waals surface area contributed by atoms with Gasteiger partial charge in [-0.15, -0.1) is 0 Å². The maximum atomic E-state index is 13.3. The van der Waals surface area contributed by atoms with E-state index in [1.165, 1.54) is 24.3 Å². The molecule has 82 valence electrons. The molecule has 0 radical (unpaired) electrons. The molecule has 1 aromatic carbocycles. The lowest BCUT2D eigenvalue weighted by Crippen LogP contribution is -2.02. The first kappa shape index (κ1) is 12.0. The van der Waals surface area contributed by atoms with Gasteiger partial charge in [0.25, 0.3) is 0 Å². The first-order valence-electron chi connectivity index (χ1n) is 4.10. The van der Waals surface area contributed by atoms with E-state index in [1.54, 1.807) is 0 Å². The van der Waals surface area contributed by atoms with Crippen LogP contribution in [0, 0.1) is 17.1 Å². The van der Waals surface area contributed by atoms with Gasteiger partial charge in [-0.1, -0.05) is 17.7 Å². The van der Waals surface area contributed by atoms with E-state index in [1.807, 2.05) is 0 Å². The topological polar surface area (TPSA) is 73.1 Å². The Kier molecular flexibility index (Phi) is 3.86. The first-order valence-corrected chi connectivity index (χ1v) is 4.48. The van der Waals surface area contributed by atoms with Gasteiger partial charge < -0.3 is 10.4 Å². The van der Waals surface area contributed by atoms with E-state index >= 15 is 0 Å². The zero-order valence-electron chi connectivity index (χ0n) is 7.87. The van der Waals surface area contributed by atoms with Gasteiger partial charge in [-0.25, -0.2) is 9.18 Å². The Hall–Kier alpha value is -2.06. The van der Waals surface area contributed by atoms with Crippen LogP contribution in [-0.4, -0.2) is 11.1 Å². The summed E-state index contributed by atoms with van der Waals surface area (Å²) in [7, 11) is 0. The lowest BCUT2D eigenvalue weighted by atomic mass is 10.3. The van der Waals surface area contributed by atoms with Gasteiger partial charge in [-0.2, -0.15) is 5.26 Å². The normalized spacial score (nSPS) is 10.7. The molecule has 0 saturated heterocycles. The molecule has 0 saturated carbocycles. The highest BCUT2D eigenvalue weighted by Crippen LogP contribution is 2.21. The average Bonchev–Trinajstić information content (AvgIpc) is 2.24. The van der Waals surface area contributed by atoms with E-state index < -0.39 is 17.4 Å². The fourth-order valence-corrected chi connectivity index (χ4v) is 1.08. The van der Waals surface area contributed by atoms with E-state index in [0.29, 0.717) is 0 Å². The van der Waals surface area contributed by atoms with Crippen molar-refractivity contribution in [2.75, 3.05) is 5.32 Å². The van der Waals surface area contributed by atoms with Crippen LogP contribution in [0.15, 0.2) is 30.0 Å². The molecule has 0 spiro atoms. The molecule has 1 aromatic rings. The molecule has 6 heteroatoms. The second-order valence-corrected chi connectivity index (χ2v) is 3.13. The largest absolute Gasteiger partial charge is 0.477 e. The Morgan fingerprint density at radius 1 is 1.62 bits per heavy atom. The standard InChI is InChI=1S/C10H6ClFN2O2/c11-7-2-1-3-8(9(7)12)14-5-6(4-13)10(15)16/h1-3,5,14H,(H,15,16). The van der Waals surface area contributed by atoms with Crippen LogP contribution < -0.4 is 5.32 Å². The van der Waals surface area contributed by atoms with Gasteiger partial charge in [0.05, 0.1) is 10.7 Å². The van der Waals surface area contributed by atoms with Crippen LogP contribution in [0.4, 0.5) is 10.1 Å². The number of halogens is 2. The maximum Gasteiger partial charge on any atom is 0.347 e. The van der Waals surface area contributed by atoms with E-state index in [2.05, 4.69) is 5.32 Å². The van der Waals surface area contributed by atoms with Crippen LogP contribution in [0.5, 0.6) is 0 Å². The Labute approximate surface area is 95.6 Å². The number of rotatable bonds is 3. The fraction of sp³-hybridized carbons (Fsp3) is 0. The number of nitrogens with one attached hydrogen (secondary N) is 1. The van der Waals surface area contributed by atoms with Crippen LogP contribution in [0.2, 0.25) is 5.02 Å². The molecule has 0 amide bonds. The summed E-state index contributed by atoms with van der Waals surface area (Å²) in [6.45, 7) is 0. The van der Waals surface area contributed by atoms with Gasteiger partial charge in [0.2, 0.25) is 0 Å². The van der Waals surface area contributed by atoms with Crippen molar-refractivity contribution < 1.29 is 14.3 Å². The number of nitriles is 1. The van der Waals surface area contributed by atoms with Crippen LogP contribution in [-0.2, 0) is 4.79 Å². The van der Waals surface area contributed by atoms with Gasteiger partial charge in [-0.3, -0.25) is 0 Å². The van der Waals surface area contributed by atoms with Crippen molar-refractivity contribution in [3.05, 3.63) is 40.8 Å². The van der Waals surface area contributed by atoms with Gasteiger partial charge in [-0.05, 0) is 12.1 Å². The number of benzene rings is 1. The highest BCUT2D eigenvalue weighted by Gasteiger charge is 2.07. The third kappa shape index (κ3) is 2.72. The third-order valence-corrected chi connectivity index (χ3v) is 1.97. The molecule has 1 rings (SSSR count). The van der Waals surface area contributed by atoms with Crippen molar-refractivity contribution in [1.29, 1.82) is 5.26 Å². The van der Waals surface area contributed by atoms with E-state index in [0.717, 1.165) is 6.20 Å². The summed E-state index contributed by atoms with van der Waals surface area (Å²) in [5, 5.41) is 19.2. The minimum Gasteiger partial charge on any atom is -0.477 e. The van der Waals surface area contributed by atoms with Crippen molar-refractivity contribution >= 4 is 23.3 Å². The monoisotopic (exact) mass is 240 g/mol. The quantitative estimate of drug-likeness (QED) is 0.628. The fourth-order valence-electron chi connectivity index (χ4n) is 0.907. The number of carboxylic acid groups (broad SMARTS) is 1. The molecule has 0 aliphatic rings. The first-order chi connectivity index (χ1) is 7.56. The second kappa shape index (κ2) is 5.14. The van der Waals surface area contributed by atoms with Gasteiger partial charge in [0.15, 0.2) is 11.4 Å². The Bertz CT molecular complexity index is 494. The molecule has 0 aliphatic carbocycles. The predicted octanol–water partition coefficient (Wildman–Crippen LogP) is 2.38. The average molecular weight is 241 g/mol. The summed E-state index contributed by atoms with van der Waals surface area (Å²) in [4.78, 5) is 10.5. The summed E-state index contributed by atoms with van der Waals surface area (Å²) in [6, 6.07) is 5.67. The SMILES string of the molecule is N#CC(=CNc1cccc(Cl)c1F)C(=O)O. The number of hydrogen-bond donors (Lipinski definition) is 2. The Morgan fingerprint density at radius 3 is 2.88 bits per heavy atom. The lowest BCUT2D eigenvalue weighted by Gasteiger charge is -2.03.